The number of amides is 5. The molecule has 754 valence electrons. The quantitative estimate of drug-likeness (QED) is 0.0347. The number of nitrogens with zero attached hydrogens (tertiary/aromatic N) is 20. The number of carbonyl (C=O) groups is 5. The van der Waals surface area contributed by atoms with Crippen molar-refractivity contribution in [2.45, 2.75) is 237 Å². The maximum atomic E-state index is 13.7. The topological polar surface area (TPSA) is 255 Å². The summed E-state index contributed by atoms with van der Waals surface area (Å²) >= 11 is 30.7. The van der Waals surface area contributed by atoms with Crippen LogP contribution < -0.4 is 0 Å². The first-order valence-electron chi connectivity index (χ1n) is 49.3. The number of alkyl halides is 3. The number of fused-ring (bicyclic) bond motifs is 5. The molecule has 0 radical (unpaired) electrons. The van der Waals surface area contributed by atoms with Crippen molar-refractivity contribution in [3.05, 3.63) is 294 Å². The Morgan fingerprint density at radius 1 is 0.385 bits per heavy atom. The molecule has 5 aromatic carbocycles. The second-order valence-electron chi connectivity index (χ2n) is 37.5. The van der Waals surface area contributed by atoms with Gasteiger partial charge in [-0.25, -0.2) is 54.2 Å². The zero-order valence-electron chi connectivity index (χ0n) is 83.1. The van der Waals surface area contributed by atoms with Crippen LogP contribution in [-0.2, 0) is 58.5 Å². The summed E-state index contributed by atoms with van der Waals surface area (Å²) < 4.78 is 63.1. The molecule has 15 aromatic rings. The van der Waals surface area contributed by atoms with Crippen molar-refractivity contribution >= 4 is 143 Å². The van der Waals surface area contributed by atoms with Crippen LogP contribution in [0.1, 0.15) is 263 Å². The van der Waals surface area contributed by atoms with Crippen LogP contribution in [0.4, 0.5) is 17.6 Å². The molecule has 0 atom stereocenters. The fourth-order valence-corrected chi connectivity index (χ4v) is 19.2. The van der Waals surface area contributed by atoms with E-state index in [9.17, 15) is 41.5 Å². The Morgan fingerprint density at radius 2 is 0.762 bits per heavy atom. The Balaban J connectivity index is 0.000000150. The summed E-state index contributed by atoms with van der Waals surface area (Å²) in [7, 11) is 1.77. The summed E-state index contributed by atoms with van der Waals surface area (Å²) in [6, 6.07) is 45.5. The van der Waals surface area contributed by atoms with Crippen molar-refractivity contribution in [3.8, 4) is 0 Å². The predicted molar refractivity (Wildman–Crippen MR) is 559 cm³/mol. The lowest BCUT2D eigenvalue weighted by Crippen LogP contribution is -2.35. The molecule has 0 spiro atoms. The molecular formula is C109H125Cl5F4N20O5. The maximum Gasteiger partial charge on any atom is 0.416 e. The number of hydrogen-bond acceptors (Lipinski definition) is 15. The number of benzene rings is 5. The van der Waals surface area contributed by atoms with E-state index in [1.54, 1.807) is 113 Å². The average Bonchev–Trinajstić information content (AvgIpc) is 1.63. The third-order valence-electron chi connectivity index (χ3n) is 25.0. The van der Waals surface area contributed by atoms with E-state index in [2.05, 4.69) is 101 Å². The average molecular weight is 2050 g/mol. The summed E-state index contributed by atoms with van der Waals surface area (Å²) in [6.07, 6.45) is 19.0. The number of carbonyl (C=O) groups excluding carboxylic acids is 5. The van der Waals surface area contributed by atoms with Crippen molar-refractivity contribution in [2.75, 3.05) is 33.2 Å². The molecule has 25 nitrogen and oxygen atoms in total. The lowest BCUT2D eigenvalue weighted by Gasteiger charge is -2.26. The molecule has 34 heteroatoms. The molecule has 2 fully saturated rings. The first-order chi connectivity index (χ1) is 68.7. The molecule has 10 heterocycles. The largest absolute Gasteiger partial charge is 0.416 e. The van der Waals surface area contributed by atoms with E-state index in [0.29, 0.717) is 124 Å². The van der Waals surface area contributed by atoms with Crippen molar-refractivity contribution in [1.29, 1.82) is 0 Å². The van der Waals surface area contributed by atoms with Gasteiger partial charge in [-0.15, -0.1) is 0 Å². The van der Waals surface area contributed by atoms with Crippen LogP contribution in [0.5, 0.6) is 0 Å². The predicted octanol–water partition coefficient (Wildman–Crippen LogP) is 26.4. The fourth-order valence-electron chi connectivity index (χ4n) is 18.0. The molecule has 5 amide bonds. The van der Waals surface area contributed by atoms with Gasteiger partial charge in [0.15, 0.2) is 28.2 Å². The van der Waals surface area contributed by atoms with Crippen molar-refractivity contribution in [2.24, 2.45) is 17.8 Å². The van der Waals surface area contributed by atoms with Crippen LogP contribution in [0.15, 0.2) is 195 Å². The van der Waals surface area contributed by atoms with E-state index < -0.39 is 17.6 Å². The lowest BCUT2D eigenvalue weighted by molar-refractivity contribution is -0.137. The molecule has 10 aromatic heterocycles. The van der Waals surface area contributed by atoms with Crippen molar-refractivity contribution < 1.29 is 41.5 Å². The summed E-state index contributed by atoms with van der Waals surface area (Å²) in [6.45, 7) is 29.4. The van der Waals surface area contributed by atoms with Gasteiger partial charge < -0.3 is 47.3 Å². The summed E-state index contributed by atoms with van der Waals surface area (Å²) in [4.78, 5) is 121. The van der Waals surface area contributed by atoms with E-state index in [4.69, 9.17) is 77.9 Å². The Bertz CT molecular complexity index is 6870. The number of pyridine rings is 5. The molecule has 0 bridgehead atoms. The number of rotatable bonds is 33. The van der Waals surface area contributed by atoms with E-state index in [-0.39, 0.29) is 47.6 Å². The molecule has 2 saturated carbocycles. The van der Waals surface area contributed by atoms with Gasteiger partial charge in [0.1, 0.15) is 62.5 Å². The van der Waals surface area contributed by atoms with E-state index in [1.165, 1.54) is 37.1 Å². The van der Waals surface area contributed by atoms with Gasteiger partial charge in [-0.3, -0.25) is 24.0 Å². The monoisotopic (exact) mass is 2040 g/mol. The zero-order chi connectivity index (χ0) is 102. The minimum atomic E-state index is -4.43. The highest BCUT2D eigenvalue weighted by molar-refractivity contribution is 6.37. The molecule has 17 rings (SSSR count). The number of hydrogen-bond donors (Lipinski definition) is 0. The minimum Gasteiger partial charge on any atom is -0.334 e. The van der Waals surface area contributed by atoms with Crippen LogP contribution in [0.3, 0.4) is 0 Å². The van der Waals surface area contributed by atoms with Gasteiger partial charge in [0, 0.05) is 128 Å². The zero-order valence-corrected chi connectivity index (χ0v) is 86.9. The molecule has 0 unspecified atom stereocenters. The highest BCUT2D eigenvalue weighted by atomic mass is 35.5. The summed E-state index contributed by atoms with van der Waals surface area (Å²) in [5, 5.41) is 2.32. The van der Waals surface area contributed by atoms with Crippen LogP contribution in [0, 0.1) is 30.5 Å². The van der Waals surface area contributed by atoms with Crippen molar-refractivity contribution in [3.63, 3.8) is 0 Å². The number of halogens is 9. The lowest BCUT2D eigenvalue weighted by atomic mass is 10.1. The molecule has 0 aliphatic heterocycles. The highest BCUT2D eigenvalue weighted by Gasteiger charge is 2.34. The third-order valence-corrected chi connectivity index (χ3v) is 26.4. The number of aryl methyl sites for hydroxylation is 4. The standard InChI is InChI=1S/C24H28Cl2N4O.C24H27F3N4O.C22H26Cl2N4O.C21H25FN4O.C18H19ClN4O/c1-16(2)11-13-29(24(31)19-10-9-17(25)14-20(19)26)15-22-28-21-8-5-12-27-23(21)30(22)18-6-3-4-7-18;1-16(2)14-30(23(32)17-9-11-18(12-10-17)24(25,26)27)15-21-29-20-8-5-13-28-22(20)31(21)19-6-3-4-7-19;1-4-11-28-20(26-19-6-5-10-25-21(19)28)14-27(12-9-15(2)3)22(29)17-8-7-16(23)13-18(17)24;1-4-11-25(21(27)17-13-16(22)9-8-15(17)3)14-19-24-18-7-6-10-23-20(18)26(19)12-5-2;1-3-10-23-16(21-15-8-5-9-20-17(15)23)12-22(2)18(24)13-6-4-7-14(19)11-13/h5,8-10,12,14,16,18H,3-4,6-7,11,13,15H2,1-2H3;5,8-13,16,19H,3-4,6-7,14-15H2,1-2H3;5-8,10,13,15H,4,9,11-12,14H2,1-3H3;6-10,13H,4-5,11-12,14H2,1-3H3;4-9,11H,3,10,12H2,1-2H3. The first-order valence-corrected chi connectivity index (χ1v) is 51.2. The molecule has 143 heavy (non-hydrogen) atoms. The molecule has 0 saturated heterocycles. The van der Waals surface area contributed by atoms with Gasteiger partial charge in [0.25, 0.3) is 29.5 Å². The van der Waals surface area contributed by atoms with Gasteiger partial charge in [-0.05, 0) is 246 Å². The second-order valence-corrected chi connectivity index (χ2v) is 39.6. The second kappa shape index (κ2) is 50.8. The van der Waals surface area contributed by atoms with E-state index >= 15 is 0 Å². The number of imidazole rings is 5. The smallest absolute Gasteiger partial charge is 0.334 e. The maximum absolute atomic E-state index is 13.7. The fraction of sp³-hybridized carbons (Fsp3) is 0.404. The molecule has 2 aliphatic carbocycles. The van der Waals surface area contributed by atoms with Crippen LogP contribution in [0.25, 0.3) is 55.8 Å². The minimum absolute atomic E-state index is 0.0828. The first kappa shape index (κ1) is 108. The van der Waals surface area contributed by atoms with Gasteiger partial charge in [0.2, 0.25) is 0 Å². The highest BCUT2D eigenvalue weighted by Crippen LogP contribution is 2.38. The van der Waals surface area contributed by atoms with Crippen LogP contribution in [0.2, 0.25) is 25.1 Å². The molecule has 2 aliphatic rings. The van der Waals surface area contributed by atoms with Gasteiger partial charge in [-0.2, -0.15) is 13.2 Å². The Labute approximate surface area is 857 Å². The Kier molecular flexibility index (Phi) is 38.4. The Morgan fingerprint density at radius 3 is 1.15 bits per heavy atom. The summed E-state index contributed by atoms with van der Waals surface area (Å²) in [5.41, 5.74) is 10.6. The van der Waals surface area contributed by atoms with Crippen LogP contribution >= 0.6 is 58.0 Å². The molecule has 0 N–H and O–H groups in total. The van der Waals surface area contributed by atoms with Crippen molar-refractivity contribution in [1.82, 2.24) is 97.2 Å². The van der Waals surface area contributed by atoms with Gasteiger partial charge in [0.05, 0.1) is 59.5 Å². The van der Waals surface area contributed by atoms with E-state index in [1.807, 2.05) is 104 Å². The SMILES string of the molecule is CC(C)CCN(Cc1nc2cccnc2n1C1CCCC1)C(=O)c1ccc(Cl)cc1Cl.CC(C)CN(Cc1nc2cccnc2n1C1CCCC1)C(=O)c1ccc(C(F)(F)F)cc1.CCCN(Cc1nc2cccnc2n1CCC)C(=O)c1cc(F)ccc1C.CCCn1c(CN(C)C(=O)c2cccc(Cl)c2)nc2cccnc21.CCCn1c(CN(CCC(C)C)C(=O)c2ccc(Cl)cc2Cl)nc2cccnc21. The molecular weight excluding hydrogens is 1920 g/mol. The Hall–Kier alpha value is -12.3. The van der Waals surface area contributed by atoms with Crippen LogP contribution in [-0.4, -0.2) is 160 Å². The van der Waals surface area contributed by atoms with Gasteiger partial charge in [-0.1, -0.05) is 165 Å². The van der Waals surface area contributed by atoms with E-state index in [0.717, 1.165) is 199 Å². The number of aromatic nitrogens is 15. The third kappa shape index (κ3) is 27.8. The summed E-state index contributed by atoms with van der Waals surface area (Å²) in [5.74, 6) is 4.12. The van der Waals surface area contributed by atoms with Gasteiger partial charge >= 0.3 is 6.18 Å². The normalized spacial score (nSPS) is 12.8.